The Morgan fingerprint density at radius 2 is 2.08 bits per heavy atom. The molecule has 0 amide bonds. The van der Waals surface area contributed by atoms with Gasteiger partial charge in [-0.2, -0.15) is 0 Å². The molecular formula is C20H30N4O. The summed E-state index contributed by atoms with van der Waals surface area (Å²) < 4.78 is 5.77. The van der Waals surface area contributed by atoms with Crippen LogP contribution in [0.1, 0.15) is 37.7 Å². The standard InChI is InChI=1S/C20H30N4O/c1-14-12-24(16-7-8-16)13-18(14)23-20(21-2)22-11-15-9-10-25-19-6-4-3-5-17(15)19/h3-6,14-16,18H,7-13H2,1-2H3,(H2,21,22,23). The van der Waals surface area contributed by atoms with E-state index in [9.17, 15) is 0 Å². The molecule has 2 heterocycles. The number of fused-ring (bicyclic) bond motifs is 1. The third kappa shape index (κ3) is 3.76. The zero-order valence-electron chi connectivity index (χ0n) is 15.4. The topological polar surface area (TPSA) is 48.9 Å². The molecule has 1 aliphatic carbocycles. The van der Waals surface area contributed by atoms with Gasteiger partial charge in [-0.05, 0) is 36.8 Å². The maximum Gasteiger partial charge on any atom is 0.191 e. The molecule has 25 heavy (non-hydrogen) atoms. The lowest BCUT2D eigenvalue weighted by atomic mass is 9.93. The van der Waals surface area contributed by atoms with Crippen LogP contribution < -0.4 is 15.4 Å². The molecule has 2 aliphatic heterocycles. The van der Waals surface area contributed by atoms with Gasteiger partial charge in [0, 0.05) is 44.7 Å². The smallest absolute Gasteiger partial charge is 0.191 e. The van der Waals surface area contributed by atoms with Crippen molar-refractivity contribution in [1.82, 2.24) is 15.5 Å². The quantitative estimate of drug-likeness (QED) is 0.651. The first-order valence-corrected chi connectivity index (χ1v) is 9.67. The Balaban J connectivity index is 1.32. The molecular weight excluding hydrogens is 312 g/mol. The highest BCUT2D eigenvalue weighted by Crippen LogP contribution is 2.33. The van der Waals surface area contributed by atoms with Gasteiger partial charge in [-0.1, -0.05) is 25.1 Å². The van der Waals surface area contributed by atoms with Crippen molar-refractivity contribution in [2.75, 3.05) is 33.3 Å². The second kappa shape index (κ2) is 7.24. The summed E-state index contributed by atoms with van der Waals surface area (Å²) >= 11 is 0. The average molecular weight is 342 g/mol. The van der Waals surface area contributed by atoms with Crippen LogP contribution in [0.5, 0.6) is 5.75 Å². The third-order valence-corrected chi connectivity index (χ3v) is 5.85. The van der Waals surface area contributed by atoms with Gasteiger partial charge in [0.15, 0.2) is 5.96 Å². The molecule has 3 unspecified atom stereocenters. The lowest BCUT2D eigenvalue weighted by Crippen LogP contribution is -2.47. The zero-order valence-corrected chi connectivity index (χ0v) is 15.4. The summed E-state index contributed by atoms with van der Waals surface area (Å²) in [5.41, 5.74) is 1.31. The summed E-state index contributed by atoms with van der Waals surface area (Å²) in [5, 5.41) is 7.21. The zero-order chi connectivity index (χ0) is 17.2. The number of ether oxygens (including phenoxy) is 1. The van der Waals surface area contributed by atoms with Crippen molar-refractivity contribution in [3.05, 3.63) is 29.8 Å². The predicted octanol–water partition coefficient (Wildman–Crippen LogP) is 2.20. The predicted molar refractivity (Wildman–Crippen MR) is 101 cm³/mol. The van der Waals surface area contributed by atoms with Crippen LogP contribution in [0.25, 0.3) is 0 Å². The van der Waals surface area contributed by atoms with Gasteiger partial charge < -0.3 is 15.4 Å². The van der Waals surface area contributed by atoms with E-state index in [-0.39, 0.29) is 0 Å². The van der Waals surface area contributed by atoms with Crippen LogP contribution in [0.4, 0.5) is 0 Å². The Morgan fingerprint density at radius 1 is 1.24 bits per heavy atom. The Kier molecular flexibility index (Phi) is 4.84. The van der Waals surface area contributed by atoms with Crippen molar-refractivity contribution in [2.24, 2.45) is 10.9 Å². The van der Waals surface area contributed by atoms with E-state index in [1.54, 1.807) is 0 Å². The molecule has 136 valence electrons. The van der Waals surface area contributed by atoms with Gasteiger partial charge >= 0.3 is 0 Å². The minimum absolute atomic E-state index is 0.479. The van der Waals surface area contributed by atoms with Gasteiger partial charge in [-0.25, -0.2) is 0 Å². The van der Waals surface area contributed by atoms with E-state index in [0.29, 0.717) is 17.9 Å². The number of para-hydroxylation sites is 1. The Labute approximate surface area is 150 Å². The second-order valence-electron chi connectivity index (χ2n) is 7.74. The first-order chi connectivity index (χ1) is 12.2. The number of hydrogen-bond donors (Lipinski definition) is 2. The molecule has 1 aromatic carbocycles. The van der Waals surface area contributed by atoms with Crippen LogP contribution >= 0.6 is 0 Å². The van der Waals surface area contributed by atoms with E-state index in [1.165, 1.54) is 24.9 Å². The number of hydrogen-bond acceptors (Lipinski definition) is 3. The minimum atomic E-state index is 0.479. The number of nitrogens with one attached hydrogen (secondary N) is 2. The molecule has 2 fully saturated rings. The van der Waals surface area contributed by atoms with Gasteiger partial charge in [0.05, 0.1) is 6.61 Å². The van der Waals surface area contributed by atoms with Crippen molar-refractivity contribution >= 4 is 5.96 Å². The number of benzene rings is 1. The number of nitrogens with zero attached hydrogens (tertiary/aromatic N) is 2. The number of rotatable bonds is 4. The molecule has 0 radical (unpaired) electrons. The highest BCUT2D eigenvalue weighted by atomic mass is 16.5. The van der Waals surface area contributed by atoms with Gasteiger partial charge in [0.25, 0.3) is 0 Å². The summed E-state index contributed by atoms with van der Waals surface area (Å²) in [6.07, 6.45) is 3.82. The summed E-state index contributed by atoms with van der Waals surface area (Å²) in [5.74, 6) is 3.11. The van der Waals surface area contributed by atoms with Crippen LogP contribution in [0.15, 0.2) is 29.3 Å². The Bertz CT molecular complexity index is 628. The molecule has 0 spiro atoms. The average Bonchev–Trinajstić information content (AvgIpc) is 3.43. The summed E-state index contributed by atoms with van der Waals surface area (Å²) in [6.45, 7) is 6.40. The van der Waals surface area contributed by atoms with E-state index >= 15 is 0 Å². The molecule has 0 aromatic heterocycles. The molecule has 2 N–H and O–H groups in total. The van der Waals surface area contributed by atoms with Gasteiger partial charge in [0.1, 0.15) is 5.75 Å². The minimum Gasteiger partial charge on any atom is -0.493 e. The maximum atomic E-state index is 5.77. The largest absolute Gasteiger partial charge is 0.493 e. The highest BCUT2D eigenvalue weighted by Gasteiger charge is 2.38. The summed E-state index contributed by atoms with van der Waals surface area (Å²) in [4.78, 5) is 7.10. The fraction of sp³-hybridized carbons (Fsp3) is 0.650. The molecule has 1 aromatic rings. The monoisotopic (exact) mass is 342 g/mol. The van der Waals surface area contributed by atoms with Gasteiger partial charge in [0.2, 0.25) is 0 Å². The van der Waals surface area contributed by atoms with Crippen molar-refractivity contribution in [2.45, 2.75) is 44.2 Å². The van der Waals surface area contributed by atoms with E-state index in [0.717, 1.165) is 43.9 Å². The van der Waals surface area contributed by atoms with E-state index < -0.39 is 0 Å². The summed E-state index contributed by atoms with van der Waals surface area (Å²) in [7, 11) is 1.87. The van der Waals surface area contributed by atoms with E-state index in [2.05, 4.69) is 45.6 Å². The van der Waals surface area contributed by atoms with Crippen molar-refractivity contribution in [3.8, 4) is 5.75 Å². The van der Waals surface area contributed by atoms with Crippen LogP contribution in [-0.2, 0) is 0 Å². The number of likely N-dealkylation sites (tertiary alicyclic amines) is 1. The third-order valence-electron chi connectivity index (χ3n) is 5.85. The first-order valence-electron chi connectivity index (χ1n) is 9.67. The normalized spacial score (nSPS) is 29.8. The fourth-order valence-corrected chi connectivity index (χ4v) is 4.15. The molecule has 3 aliphatic rings. The van der Waals surface area contributed by atoms with Crippen LogP contribution in [0.2, 0.25) is 0 Å². The number of guanidine groups is 1. The first kappa shape index (κ1) is 16.7. The van der Waals surface area contributed by atoms with Crippen molar-refractivity contribution in [1.29, 1.82) is 0 Å². The van der Waals surface area contributed by atoms with Crippen molar-refractivity contribution in [3.63, 3.8) is 0 Å². The van der Waals surface area contributed by atoms with E-state index in [1.807, 2.05) is 13.1 Å². The van der Waals surface area contributed by atoms with Gasteiger partial charge in [-0.3, -0.25) is 9.89 Å². The molecule has 3 atom stereocenters. The van der Waals surface area contributed by atoms with Crippen LogP contribution in [-0.4, -0.2) is 56.2 Å². The Hall–Kier alpha value is -1.75. The van der Waals surface area contributed by atoms with Crippen LogP contribution in [0, 0.1) is 5.92 Å². The van der Waals surface area contributed by atoms with E-state index in [4.69, 9.17) is 4.74 Å². The number of aliphatic imine (C=N–C) groups is 1. The molecule has 0 bridgehead atoms. The SMILES string of the molecule is CN=C(NCC1CCOc2ccccc21)NC1CN(C2CC2)CC1C. The van der Waals surface area contributed by atoms with Crippen LogP contribution in [0.3, 0.4) is 0 Å². The molecule has 1 saturated heterocycles. The molecule has 1 saturated carbocycles. The van der Waals surface area contributed by atoms with Crippen molar-refractivity contribution < 1.29 is 4.74 Å². The fourth-order valence-electron chi connectivity index (χ4n) is 4.15. The molecule has 5 nitrogen and oxygen atoms in total. The summed E-state index contributed by atoms with van der Waals surface area (Å²) in [6, 6.07) is 9.74. The van der Waals surface area contributed by atoms with Gasteiger partial charge in [-0.15, -0.1) is 0 Å². The lowest BCUT2D eigenvalue weighted by molar-refractivity contribution is 0.267. The lowest BCUT2D eigenvalue weighted by Gasteiger charge is -2.27. The highest BCUT2D eigenvalue weighted by molar-refractivity contribution is 5.80. The molecule has 4 rings (SSSR count). The second-order valence-corrected chi connectivity index (χ2v) is 7.74. The molecule has 5 heteroatoms. The Morgan fingerprint density at radius 3 is 2.88 bits per heavy atom. The maximum absolute atomic E-state index is 5.77.